The predicted molar refractivity (Wildman–Crippen MR) is 101 cm³/mol. The molecule has 0 bridgehead atoms. The van der Waals surface area contributed by atoms with Crippen molar-refractivity contribution < 1.29 is 32.9 Å². The first-order valence-electron chi connectivity index (χ1n) is 9.60. The zero-order valence-corrected chi connectivity index (χ0v) is 17.5. The summed E-state index contributed by atoms with van der Waals surface area (Å²) in [6.07, 6.45) is -2.33. The van der Waals surface area contributed by atoms with Gasteiger partial charge >= 0.3 is 0 Å². The van der Waals surface area contributed by atoms with Crippen molar-refractivity contribution in [2.75, 3.05) is 6.61 Å². The highest BCUT2D eigenvalue weighted by Gasteiger charge is 2.58. The van der Waals surface area contributed by atoms with Crippen LogP contribution < -0.4 is 5.32 Å². The molecule has 0 unspecified atom stereocenters. The van der Waals surface area contributed by atoms with Gasteiger partial charge in [0.1, 0.15) is 24.1 Å². The van der Waals surface area contributed by atoms with E-state index in [1.54, 1.807) is 19.9 Å². The number of amides is 1. The molecule has 3 aliphatic heterocycles. The van der Waals surface area contributed by atoms with Gasteiger partial charge in [0.25, 0.3) is 0 Å². The molecule has 1 aromatic carbocycles. The van der Waals surface area contributed by atoms with E-state index in [-0.39, 0.29) is 17.0 Å². The number of halogens is 2. The molecule has 4 rings (SSSR count). The molecule has 3 saturated heterocycles. The van der Waals surface area contributed by atoms with Crippen LogP contribution in [0.4, 0.5) is 4.39 Å². The van der Waals surface area contributed by atoms with Gasteiger partial charge in [-0.25, -0.2) is 4.39 Å². The standard InChI is InChI=1S/C20H25ClFNO6/c1-19(2)25-9-13(27-19)16-15(17-18(26-16)29-20(3,4)28-17)23-14(24)8-10-11(21)6-5-7-12(10)22/h5-7,13,15-18H,8-9H2,1-4H3,(H,23,24)/t13-,15-,16-,17-,18-/m1/s1. The quantitative estimate of drug-likeness (QED) is 0.792. The van der Waals surface area contributed by atoms with Gasteiger partial charge in [-0.2, -0.15) is 0 Å². The van der Waals surface area contributed by atoms with E-state index in [0.29, 0.717) is 6.61 Å². The molecule has 0 aliphatic carbocycles. The molecule has 1 aromatic rings. The van der Waals surface area contributed by atoms with Crippen LogP contribution in [0.2, 0.25) is 5.02 Å². The van der Waals surface area contributed by atoms with Crippen molar-refractivity contribution in [1.82, 2.24) is 5.32 Å². The minimum absolute atomic E-state index is 0.143. The van der Waals surface area contributed by atoms with Gasteiger partial charge in [-0.3, -0.25) is 4.79 Å². The number of fused-ring (bicyclic) bond motifs is 1. The van der Waals surface area contributed by atoms with Crippen molar-refractivity contribution in [3.05, 3.63) is 34.6 Å². The first-order chi connectivity index (χ1) is 13.5. The SMILES string of the molecule is CC1(C)O[C@H]2O[C@H]([C@H]3COC(C)(C)O3)[C@@H](NC(=O)Cc3c(F)cccc3Cl)[C@H]2O1. The molecular formula is C20H25ClFNO6. The number of nitrogens with one attached hydrogen (secondary N) is 1. The van der Waals surface area contributed by atoms with Crippen molar-refractivity contribution in [1.29, 1.82) is 0 Å². The summed E-state index contributed by atoms with van der Waals surface area (Å²) in [5, 5.41) is 3.12. The first kappa shape index (κ1) is 21.0. The Bertz CT molecular complexity index is 783. The van der Waals surface area contributed by atoms with Crippen LogP contribution in [-0.4, -0.2) is 54.7 Å². The molecule has 0 aromatic heterocycles. The van der Waals surface area contributed by atoms with Crippen molar-refractivity contribution >= 4 is 17.5 Å². The Morgan fingerprint density at radius 2 is 1.93 bits per heavy atom. The minimum Gasteiger partial charge on any atom is -0.348 e. The van der Waals surface area contributed by atoms with E-state index in [2.05, 4.69) is 5.32 Å². The highest BCUT2D eigenvalue weighted by atomic mass is 35.5. The van der Waals surface area contributed by atoms with E-state index in [4.69, 9.17) is 35.3 Å². The van der Waals surface area contributed by atoms with Crippen molar-refractivity contribution in [2.45, 2.75) is 76.3 Å². The van der Waals surface area contributed by atoms with E-state index >= 15 is 0 Å². The number of carbonyl (C=O) groups is 1. The van der Waals surface area contributed by atoms with Crippen LogP contribution >= 0.6 is 11.6 Å². The second-order valence-corrected chi connectivity index (χ2v) is 8.81. The maximum atomic E-state index is 14.1. The van der Waals surface area contributed by atoms with Crippen LogP contribution in [0.1, 0.15) is 33.3 Å². The molecule has 0 spiro atoms. The summed E-state index contributed by atoms with van der Waals surface area (Å²) >= 11 is 6.05. The Balaban J connectivity index is 1.52. The average molecular weight is 430 g/mol. The third kappa shape index (κ3) is 4.28. The lowest BCUT2D eigenvalue weighted by molar-refractivity contribution is -0.223. The molecule has 3 fully saturated rings. The Morgan fingerprint density at radius 3 is 2.59 bits per heavy atom. The summed E-state index contributed by atoms with van der Waals surface area (Å²) in [5.41, 5.74) is 0.143. The van der Waals surface area contributed by atoms with Gasteiger partial charge < -0.3 is 29.0 Å². The summed E-state index contributed by atoms with van der Waals surface area (Å²) < 4.78 is 43.5. The van der Waals surface area contributed by atoms with Gasteiger partial charge in [0, 0.05) is 10.6 Å². The molecule has 0 radical (unpaired) electrons. The molecule has 0 saturated carbocycles. The molecule has 1 amide bonds. The Kier molecular flexibility index (Phi) is 5.38. The lowest BCUT2D eigenvalue weighted by Crippen LogP contribution is -2.53. The van der Waals surface area contributed by atoms with Crippen LogP contribution in [0.3, 0.4) is 0 Å². The number of hydrogen-bond acceptors (Lipinski definition) is 6. The fraction of sp³-hybridized carbons (Fsp3) is 0.650. The summed E-state index contributed by atoms with van der Waals surface area (Å²) in [4.78, 5) is 12.8. The van der Waals surface area contributed by atoms with Gasteiger partial charge in [0.05, 0.1) is 19.1 Å². The summed E-state index contributed by atoms with van der Waals surface area (Å²) in [7, 11) is 0. The van der Waals surface area contributed by atoms with Crippen LogP contribution in [-0.2, 0) is 34.9 Å². The third-order valence-corrected chi connectivity index (χ3v) is 5.56. The summed E-state index contributed by atoms with van der Waals surface area (Å²) in [6, 6.07) is 3.76. The Labute approximate surface area is 173 Å². The fourth-order valence-electron chi connectivity index (χ4n) is 3.99. The van der Waals surface area contributed by atoms with E-state index in [1.807, 2.05) is 13.8 Å². The van der Waals surface area contributed by atoms with Crippen molar-refractivity contribution in [3.8, 4) is 0 Å². The fourth-order valence-corrected chi connectivity index (χ4v) is 4.22. The molecule has 160 valence electrons. The molecule has 3 heterocycles. The van der Waals surface area contributed by atoms with E-state index < -0.39 is 53.9 Å². The van der Waals surface area contributed by atoms with Crippen LogP contribution in [0.5, 0.6) is 0 Å². The largest absolute Gasteiger partial charge is 0.348 e. The average Bonchev–Trinajstić information content (AvgIpc) is 3.21. The van der Waals surface area contributed by atoms with Gasteiger partial charge in [0.2, 0.25) is 5.91 Å². The van der Waals surface area contributed by atoms with E-state index in [1.165, 1.54) is 12.1 Å². The molecule has 7 nitrogen and oxygen atoms in total. The molecular weight excluding hydrogens is 405 g/mol. The zero-order valence-electron chi connectivity index (χ0n) is 16.7. The minimum atomic E-state index is -0.843. The lowest BCUT2D eigenvalue weighted by atomic mass is 10.0. The molecule has 5 atom stereocenters. The second kappa shape index (κ2) is 7.44. The van der Waals surface area contributed by atoms with E-state index in [0.717, 1.165) is 0 Å². The van der Waals surface area contributed by atoms with Gasteiger partial charge in [0.15, 0.2) is 17.9 Å². The third-order valence-electron chi connectivity index (χ3n) is 5.21. The molecule has 9 heteroatoms. The smallest absolute Gasteiger partial charge is 0.224 e. The number of rotatable bonds is 4. The number of hydrogen-bond donors (Lipinski definition) is 1. The maximum absolute atomic E-state index is 14.1. The lowest BCUT2D eigenvalue weighted by Gasteiger charge is -2.29. The molecule has 29 heavy (non-hydrogen) atoms. The van der Waals surface area contributed by atoms with Crippen molar-refractivity contribution in [2.24, 2.45) is 0 Å². The Morgan fingerprint density at radius 1 is 1.17 bits per heavy atom. The number of benzene rings is 1. The zero-order chi connectivity index (χ0) is 21.0. The van der Waals surface area contributed by atoms with Gasteiger partial charge in [-0.05, 0) is 39.8 Å². The topological polar surface area (TPSA) is 75.3 Å². The normalized spacial score (nSPS) is 34.9. The number of carbonyl (C=O) groups excluding carboxylic acids is 1. The highest BCUT2D eigenvalue weighted by Crippen LogP contribution is 2.40. The monoisotopic (exact) mass is 429 g/mol. The summed E-state index contributed by atoms with van der Waals surface area (Å²) in [6.45, 7) is 7.49. The van der Waals surface area contributed by atoms with Crippen LogP contribution in [0, 0.1) is 5.82 Å². The second-order valence-electron chi connectivity index (χ2n) is 8.41. The van der Waals surface area contributed by atoms with Crippen LogP contribution in [0.15, 0.2) is 18.2 Å². The highest BCUT2D eigenvalue weighted by molar-refractivity contribution is 6.31. The molecule has 1 N–H and O–H groups in total. The van der Waals surface area contributed by atoms with Gasteiger partial charge in [-0.15, -0.1) is 0 Å². The predicted octanol–water partition coefficient (Wildman–Crippen LogP) is 2.53. The van der Waals surface area contributed by atoms with Crippen LogP contribution in [0.25, 0.3) is 0 Å². The number of ether oxygens (including phenoxy) is 5. The molecule has 3 aliphatic rings. The van der Waals surface area contributed by atoms with E-state index in [9.17, 15) is 9.18 Å². The first-order valence-corrected chi connectivity index (χ1v) is 9.98. The summed E-state index contributed by atoms with van der Waals surface area (Å²) in [5.74, 6) is -2.52. The Hall–Kier alpha value is -1.29. The maximum Gasteiger partial charge on any atom is 0.224 e. The van der Waals surface area contributed by atoms with Gasteiger partial charge in [-0.1, -0.05) is 17.7 Å². The van der Waals surface area contributed by atoms with Crippen molar-refractivity contribution in [3.63, 3.8) is 0 Å².